The number of methoxy groups -OCH3 is 1. The van der Waals surface area contributed by atoms with Crippen molar-refractivity contribution in [3.05, 3.63) is 45.7 Å². The fraction of sp³-hybridized carbons (Fsp3) is 0.786. The summed E-state index contributed by atoms with van der Waals surface area (Å²) in [4.78, 5) is 56.6. The van der Waals surface area contributed by atoms with Crippen molar-refractivity contribution < 1.29 is 80.2 Å². The Morgan fingerprint density at radius 3 is 2.26 bits per heavy atom. The van der Waals surface area contributed by atoms with Gasteiger partial charge < -0.3 is 68.4 Å². The SMILES string of the molecule is CC[C@@H]1OC(=O)[C@H](C)[C@@H](O[C@H]2C[C@@](C)(OC)[C@@H](OS(=O)(=O)CCNCCCc3ccc4c(c3)c(=O)c(C(=O)O)cn4N(C)C)[C@H](C)O2)[C@@H](C)[C@@H](O[C@@H]2O[C@H](C)C[C@H](N(C)C)[C@H]2O)[C@](C)(O)C[C@H](C)CN(C)[C@H](C)[C@H]2OC(=O)O[C@]12C. The summed E-state index contributed by atoms with van der Waals surface area (Å²) in [5.41, 5.74) is -3.93. The fourth-order valence-electron chi connectivity index (χ4n) is 12.5. The Morgan fingerprint density at radius 1 is 0.950 bits per heavy atom. The third kappa shape index (κ3) is 14.6. The molecule has 4 fully saturated rings. The van der Waals surface area contributed by atoms with Crippen LogP contribution in [0.4, 0.5) is 4.79 Å². The predicted molar refractivity (Wildman–Crippen MR) is 296 cm³/mol. The Bertz CT molecular complexity index is 2640. The van der Waals surface area contributed by atoms with Crippen LogP contribution in [0.25, 0.3) is 10.9 Å². The van der Waals surface area contributed by atoms with Gasteiger partial charge in [0.2, 0.25) is 5.43 Å². The number of esters is 1. The number of fused-ring (bicyclic) bond motifs is 2. The highest BCUT2D eigenvalue weighted by molar-refractivity contribution is 7.86. The van der Waals surface area contributed by atoms with E-state index in [1.54, 1.807) is 77.5 Å². The topological polar surface area (TPSA) is 273 Å². The van der Waals surface area contributed by atoms with Crippen molar-refractivity contribution in [2.24, 2.45) is 17.8 Å². The van der Waals surface area contributed by atoms with Crippen LogP contribution < -0.4 is 15.8 Å². The van der Waals surface area contributed by atoms with Crippen molar-refractivity contribution in [2.75, 3.05) is 72.7 Å². The highest BCUT2D eigenvalue weighted by Gasteiger charge is 2.59. The number of ether oxygens (including phenoxy) is 8. The zero-order chi connectivity index (χ0) is 59.6. The number of aryl methyl sites for hydroxylation is 1. The molecule has 23 nitrogen and oxygen atoms in total. The summed E-state index contributed by atoms with van der Waals surface area (Å²) in [6.45, 7) is 18.6. The molecule has 0 spiro atoms. The Labute approximate surface area is 471 Å². The van der Waals surface area contributed by atoms with Gasteiger partial charge in [0.05, 0.1) is 52.8 Å². The van der Waals surface area contributed by atoms with Crippen molar-refractivity contribution in [1.29, 1.82) is 0 Å². The van der Waals surface area contributed by atoms with Gasteiger partial charge in [-0.2, -0.15) is 8.42 Å². The third-order valence-electron chi connectivity index (χ3n) is 16.9. The van der Waals surface area contributed by atoms with E-state index in [1.165, 1.54) is 13.3 Å². The maximum Gasteiger partial charge on any atom is 0.509 e. The second-order valence-corrected chi connectivity index (χ2v) is 25.7. The number of carboxylic acid groups (broad SMARTS) is 1. The molecular formula is C56H91N5O18S. The smallest absolute Gasteiger partial charge is 0.477 e. The van der Waals surface area contributed by atoms with Gasteiger partial charge in [-0.3, -0.25) is 23.3 Å². The number of cyclic esters (lactones) is 1. The zero-order valence-electron chi connectivity index (χ0n) is 49.7. The second-order valence-electron chi connectivity index (χ2n) is 24.0. The average Bonchev–Trinajstić information content (AvgIpc) is 3.69. The summed E-state index contributed by atoms with van der Waals surface area (Å²) in [6, 6.07) is 4.57. The molecule has 0 amide bonds. The van der Waals surface area contributed by atoms with Crippen molar-refractivity contribution in [3.63, 3.8) is 0 Å². The predicted octanol–water partition coefficient (Wildman–Crippen LogP) is 3.87. The van der Waals surface area contributed by atoms with Crippen molar-refractivity contribution in [3.8, 4) is 0 Å². The number of carboxylic acids is 1. The number of nitrogens with one attached hydrogen (secondary N) is 1. The monoisotopic (exact) mass is 1150 g/mol. The number of likely N-dealkylation sites (N-methyl/N-ethyl adjacent to an activating group) is 2. The molecule has 4 saturated heterocycles. The lowest BCUT2D eigenvalue weighted by atomic mass is 9.77. The number of carbonyl (C=O) groups is 3. The Hall–Kier alpha value is -4.05. The van der Waals surface area contributed by atoms with E-state index in [-0.39, 0.29) is 60.6 Å². The Kier molecular flexibility index (Phi) is 21.4. The summed E-state index contributed by atoms with van der Waals surface area (Å²) in [5.74, 6) is -4.62. The van der Waals surface area contributed by atoms with Crippen molar-refractivity contribution in [2.45, 2.75) is 198 Å². The molecule has 2 aromatic rings. The molecule has 0 bridgehead atoms. The van der Waals surface area contributed by atoms with Gasteiger partial charge in [-0.15, -0.1) is 0 Å². The lowest BCUT2D eigenvalue weighted by Crippen LogP contribution is -2.61. The lowest BCUT2D eigenvalue weighted by molar-refractivity contribution is -0.316. The maximum atomic E-state index is 14.8. The van der Waals surface area contributed by atoms with Gasteiger partial charge in [-0.25, -0.2) is 9.59 Å². The van der Waals surface area contributed by atoms with Gasteiger partial charge in [-0.1, -0.05) is 26.8 Å². The molecular weight excluding hydrogens is 1060 g/mol. The van der Waals surface area contributed by atoms with Crippen molar-refractivity contribution in [1.82, 2.24) is 19.8 Å². The molecule has 1 aromatic carbocycles. The van der Waals surface area contributed by atoms with E-state index in [0.717, 1.165) is 5.56 Å². The Morgan fingerprint density at radius 2 is 1.64 bits per heavy atom. The molecule has 18 atom stereocenters. The lowest BCUT2D eigenvalue weighted by Gasteiger charge is -2.49. The number of hydrogen-bond donors (Lipinski definition) is 4. The zero-order valence-corrected chi connectivity index (χ0v) is 50.5. The molecule has 6 rings (SSSR count). The number of benzene rings is 1. The third-order valence-corrected chi connectivity index (χ3v) is 18.1. The second kappa shape index (κ2) is 26.3. The van der Waals surface area contributed by atoms with E-state index in [4.69, 9.17) is 42.1 Å². The van der Waals surface area contributed by atoms with E-state index in [9.17, 15) is 42.9 Å². The molecule has 454 valence electrons. The minimum absolute atomic E-state index is 0.0494. The molecule has 1 aromatic heterocycles. The van der Waals surface area contributed by atoms with Gasteiger partial charge in [-0.05, 0) is 132 Å². The number of aliphatic hydroxyl groups is 2. The summed E-state index contributed by atoms with van der Waals surface area (Å²) in [6.07, 6.45) is -7.64. The van der Waals surface area contributed by atoms with Crippen LogP contribution in [0, 0.1) is 17.8 Å². The first-order chi connectivity index (χ1) is 37.3. The molecule has 0 aliphatic carbocycles. The van der Waals surface area contributed by atoms with Gasteiger partial charge in [0.15, 0.2) is 24.3 Å². The summed E-state index contributed by atoms with van der Waals surface area (Å²) < 4.78 is 85.6. The minimum Gasteiger partial charge on any atom is -0.477 e. The molecule has 0 radical (unpaired) electrons. The molecule has 4 aliphatic heterocycles. The van der Waals surface area contributed by atoms with Crippen LogP contribution in [0.15, 0.2) is 29.2 Å². The molecule has 4 aliphatic rings. The first-order valence-corrected chi connectivity index (χ1v) is 29.6. The number of aromatic carboxylic acids is 1. The highest BCUT2D eigenvalue weighted by atomic mass is 32.2. The molecule has 4 N–H and O–H groups in total. The van der Waals surface area contributed by atoms with Crippen LogP contribution in [0.1, 0.15) is 117 Å². The minimum atomic E-state index is -4.21. The first kappa shape index (κ1) is 65.1. The number of aromatic nitrogens is 1. The number of carbonyl (C=O) groups excluding carboxylic acids is 2. The summed E-state index contributed by atoms with van der Waals surface area (Å²) >= 11 is 0. The maximum absolute atomic E-state index is 14.8. The van der Waals surface area contributed by atoms with Crippen LogP contribution in [-0.2, 0) is 63.4 Å². The van der Waals surface area contributed by atoms with Crippen LogP contribution in [0.5, 0.6) is 0 Å². The van der Waals surface area contributed by atoms with E-state index in [1.807, 2.05) is 64.7 Å². The van der Waals surface area contributed by atoms with Crippen LogP contribution in [0.2, 0.25) is 0 Å². The molecule has 0 saturated carbocycles. The number of hydrogen-bond acceptors (Lipinski definition) is 21. The summed E-state index contributed by atoms with van der Waals surface area (Å²) in [5, 5.41) is 39.4. The van der Waals surface area contributed by atoms with Crippen LogP contribution in [-0.4, -0.2) is 214 Å². The standard InChI is InChI=1S/C56H91N5O18S/c1-17-42-56(10)48(77-53(67)78-56)35(6)60(15)29-31(2)27-54(8,68)47(76-52-45(63)41(58(11)12)25-32(3)72-52)33(4)46(34(5)51(66)74-42)75-43-28-55(9,71-16)49(36(7)73-43)79-80(69,70)24-23-57-22-18-19-37-20-21-40-38(26-37)44(62)39(50(64)65)30-61(40)59(13)14/h20-21,26,30-36,41-43,45-49,52,57,63,68H,17-19,22-25,27-29H2,1-16H3,(H,64,65)/t31-,32+,33+,34+,35+,36-,41-,42-,43-,45+,46-,47+,48+,49-,52-,54+,55+,56+/m0/s1. The van der Waals surface area contributed by atoms with E-state index < -0.39 is 124 Å². The quantitative estimate of drug-likeness (QED) is 0.0937. The number of nitrogens with zero attached hydrogens (tertiary/aromatic N) is 4. The van der Waals surface area contributed by atoms with Gasteiger partial charge >= 0.3 is 18.1 Å². The molecule has 0 unspecified atom stereocenters. The average molecular weight is 1150 g/mol. The normalized spacial score (nSPS) is 37.1. The Balaban J connectivity index is 1.21. The summed E-state index contributed by atoms with van der Waals surface area (Å²) in [7, 11) is 6.32. The van der Waals surface area contributed by atoms with E-state index in [2.05, 4.69) is 5.32 Å². The first-order valence-electron chi connectivity index (χ1n) is 28.0. The number of rotatable bonds is 18. The van der Waals surface area contributed by atoms with Gasteiger partial charge in [0.1, 0.15) is 23.9 Å². The van der Waals surface area contributed by atoms with Crippen LogP contribution in [0.3, 0.4) is 0 Å². The number of pyridine rings is 1. The van der Waals surface area contributed by atoms with E-state index in [0.29, 0.717) is 37.9 Å². The van der Waals surface area contributed by atoms with Gasteiger partial charge in [0, 0.05) is 70.3 Å². The molecule has 24 heteroatoms. The largest absolute Gasteiger partial charge is 0.509 e. The van der Waals surface area contributed by atoms with Crippen molar-refractivity contribution >= 4 is 39.1 Å². The fourth-order valence-corrected chi connectivity index (χ4v) is 13.6. The number of aliphatic hydroxyl groups excluding tert-OH is 1. The van der Waals surface area contributed by atoms with Crippen LogP contribution >= 0.6 is 0 Å². The molecule has 5 heterocycles. The van der Waals surface area contributed by atoms with E-state index >= 15 is 0 Å². The highest BCUT2D eigenvalue weighted by Crippen LogP contribution is 2.43. The molecule has 80 heavy (non-hydrogen) atoms. The van der Waals surface area contributed by atoms with Gasteiger partial charge in [0.25, 0.3) is 10.1 Å².